The number of thioether (sulfide) groups is 1. The molecule has 2 unspecified atom stereocenters. The summed E-state index contributed by atoms with van der Waals surface area (Å²) in [6.45, 7) is 0. The van der Waals surface area contributed by atoms with Crippen molar-refractivity contribution in [3.05, 3.63) is 54.1 Å². The third-order valence-corrected chi connectivity index (χ3v) is 4.49. The molecule has 108 valence electrons. The zero-order chi connectivity index (χ0) is 15.7. The molecule has 0 spiro atoms. The zero-order valence-electron chi connectivity index (χ0n) is 12.4. The normalized spacial score (nSPS) is 25.3. The first-order valence-electron chi connectivity index (χ1n) is 6.96. The molecule has 2 N–H and O–H groups in total. The van der Waals surface area contributed by atoms with Gasteiger partial charge in [0.05, 0.1) is 19.4 Å². The molecule has 2 aromatic carbocycles. The molecule has 0 saturated carbocycles. The smallest absolute Gasteiger partial charge is 0.254 e. The first-order valence-corrected chi connectivity index (χ1v) is 7.28. The van der Waals surface area contributed by atoms with Crippen LogP contribution in [0.25, 0.3) is 0 Å². The zero-order valence-corrected chi connectivity index (χ0v) is 12.2. The van der Waals surface area contributed by atoms with Crippen molar-refractivity contribution in [2.45, 2.75) is 16.2 Å². The fourth-order valence-corrected chi connectivity index (χ4v) is 3.21. The molecule has 4 nitrogen and oxygen atoms in total. The summed E-state index contributed by atoms with van der Waals surface area (Å²) < 4.78 is 13.8. The standard InChI is InChI=1S/C16H15NO3S/c1-20-11-8-6-10(7-9-11)15-14(18)16(19)17-12-4-2-3-5-13(12)21-15/h2-9,14-15,18H,1H3,(H,17,19)/i15D. The van der Waals surface area contributed by atoms with Gasteiger partial charge in [0.1, 0.15) is 11.9 Å². The Labute approximate surface area is 128 Å². The van der Waals surface area contributed by atoms with Crippen LogP contribution in [-0.4, -0.2) is 24.2 Å². The molecule has 21 heavy (non-hydrogen) atoms. The predicted octanol–water partition coefficient (Wildman–Crippen LogP) is 2.84. The van der Waals surface area contributed by atoms with Crippen LogP contribution in [-0.2, 0) is 4.79 Å². The number of carbonyl (C=O) groups is 1. The Morgan fingerprint density at radius 1 is 1.24 bits per heavy atom. The van der Waals surface area contributed by atoms with Gasteiger partial charge in [-0.1, -0.05) is 24.3 Å². The Morgan fingerprint density at radius 2 is 1.95 bits per heavy atom. The highest BCUT2D eigenvalue weighted by atomic mass is 32.2. The van der Waals surface area contributed by atoms with Crippen molar-refractivity contribution in [3.8, 4) is 5.75 Å². The second kappa shape index (κ2) is 5.79. The SMILES string of the molecule is [2H]C1(c2ccc(OC)cc2)Sc2ccccc2NC(=O)C1O. The maximum absolute atomic E-state index is 12.2. The van der Waals surface area contributed by atoms with Crippen molar-refractivity contribution in [1.82, 2.24) is 0 Å². The van der Waals surface area contributed by atoms with E-state index in [-0.39, 0.29) is 0 Å². The van der Waals surface area contributed by atoms with E-state index in [4.69, 9.17) is 6.11 Å². The van der Waals surface area contributed by atoms with Gasteiger partial charge < -0.3 is 15.2 Å². The second-order valence-electron chi connectivity index (χ2n) is 4.58. The summed E-state index contributed by atoms with van der Waals surface area (Å²) >= 11 is 1.15. The number of aliphatic hydroxyl groups excluding tert-OH is 1. The lowest BCUT2D eigenvalue weighted by Gasteiger charge is -2.19. The van der Waals surface area contributed by atoms with Crippen LogP contribution in [0.15, 0.2) is 53.4 Å². The number of aliphatic hydroxyl groups is 1. The first-order chi connectivity index (χ1) is 10.5. The highest BCUT2D eigenvalue weighted by Crippen LogP contribution is 2.43. The Balaban J connectivity index is 2.07. The van der Waals surface area contributed by atoms with Crippen LogP contribution in [0, 0.1) is 0 Å². The van der Waals surface area contributed by atoms with Gasteiger partial charge in [0.2, 0.25) is 0 Å². The quantitative estimate of drug-likeness (QED) is 0.895. The van der Waals surface area contributed by atoms with Gasteiger partial charge in [0.15, 0.2) is 0 Å². The van der Waals surface area contributed by atoms with E-state index in [0.29, 0.717) is 17.0 Å². The van der Waals surface area contributed by atoms with Gasteiger partial charge in [0, 0.05) is 4.90 Å². The Kier molecular flexibility index (Phi) is 3.51. The van der Waals surface area contributed by atoms with Gasteiger partial charge in [-0.2, -0.15) is 0 Å². The number of anilines is 1. The minimum absolute atomic E-state index is 0.539. The lowest BCUT2D eigenvalue weighted by molar-refractivity contribution is -0.124. The van der Waals surface area contributed by atoms with Crippen LogP contribution in [0.1, 0.15) is 12.2 Å². The number of nitrogens with one attached hydrogen (secondary N) is 1. The molecule has 0 aromatic heterocycles. The number of benzene rings is 2. The Hall–Kier alpha value is -1.98. The number of para-hydroxylation sites is 1. The highest BCUT2D eigenvalue weighted by Gasteiger charge is 2.32. The molecule has 1 amide bonds. The molecule has 0 radical (unpaired) electrons. The minimum Gasteiger partial charge on any atom is -0.497 e. The average molecular weight is 302 g/mol. The molecule has 0 bridgehead atoms. The number of hydrogen-bond donors (Lipinski definition) is 2. The van der Waals surface area contributed by atoms with Crippen LogP contribution in [0.5, 0.6) is 5.75 Å². The molecule has 2 aromatic rings. The molecule has 0 fully saturated rings. The van der Waals surface area contributed by atoms with E-state index >= 15 is 0 Å². The summed E-state index contributed by atoms with van der Waals surface area (Å²) in [5, 5.41) is 11.5. The highest BCUT2D eigenvalue weighted by molar-refractivity contribution is 7.99. The largest absolute Gasteiger partial charge is 0.497 e. The third-order valence-electron chi connectivity index (χ3n) is 3.24. The van der Waals surface area contributed by atoms with Crippen molar-refractivity contribution in [2.75, 3.05) is 12.4 Å². The fourth-order valence-electron chi connectivity index (χ4n) is 2.13. The van der Waals surface area contributed by atoms with E-state index < -0.39 is 17.2 Å². The molecule has 1 heterocycles. The molecule has 0 aliphatic carbocycles. The molecule has 5 heteroatoms. The van der Waals surface area contributed by atoms with Crippen molar-refractivity contribution in [2.24, 2.45) is 0 Å². The predicted molar refractivity (Wildman–Crippen MR) is 82.7 cm³/mol. The molecule has 1 aliphatic heterocycles. The third kappa shape index (κ3) is 2.75. The topological polar surface area (TPSA) is 58.6 Å². The number of hydrogen-bond acceptors (Lipinski definition) is 4. The molecule has 3 rings (SSSR count). The van der Waals surface area contributed by atoms with Crippen LogP contribution in [0.2, 0.25) is 0 Å². The summed E-state index contributed by atoms with van der Waals surface area (Å²) in [4.78, 5) is 12.9. The molecular weight excluding hydrogens is 286 g/mol. The van der Waals surface area contributed by atoms with Gasteiger partial charge in [-0.05, 0) is 29.8 Å². The summed E-state index contributed by atoms with van der Waals surface area (Å²) in [5.41, 5.74) is 1.15. The van der Waals surface area contributed by atoms with Crippen LogP contribution < -0.4 is 10.1 Å². The summed E-state index contributed by atoms with van der Waals surface area (Å²) in [6.07, 6.45) is -1.49. The van der Waals surface area contributed by atoms with E-state index in [9.17, 15) is 9.90 Å². The molecule has 0 saturated heterocycles. The second-order valence-corrected chi connectivity index (χ2v) is 5.67. The number of methoxy groups -OCH3 is 1. The van der Waals surface area contributed by atoms with Gasteiger partial charge in [-0.25, -0.2) is 0 Å². The monoisotopic (exact) mass is 302 g/mol. The van der Waals surface area contributed by atoms with Gasteiger partial charge in [-0.3, -0.25) is 4.79 Å². The Morgan fingerprint density at radius 3 is 2.67 bits per heavy atom. The number of amides is 1. The van der Waals surface area contributed by atoms with Crippen molar-refractivity contribution in [3.63, 3.8) is 0 Å². The van der Waals surface area contributed by atoms with E-state index in [0.717, 1.165) is 16.7 Å². The number of carbonyl (C=O) groups excluding carboxylic acids is 1. The maximum atomic E-state index is 12.2. The van der Waals surface area contributed by atoms with Crippen LogP contribution >= 0.6 is 11.8 Å². The Bertz CT molecular complexity index is 707. The molecule has 1 aliphatic rings. The van der Waals surface area contributed by atoms with E-state index in [1.165, 1.54) is 0 Å². The van der Waals surface area contributed by atoms with Crippen LogP contribution in [0.3, 0.4) is 0 Å². The number of fused-ring (bicyclic) bond motifs is 1. The van der Waals surface area contributed by atoms with Gasteiger partial charge in [-0.15, -0.1) is 11.8 Å². The summed E-state index contributed by atoms with van der Waals surface area (Å²) in [6, 6.07) is 14.0. The van der Waals surface area contributed by atoms with Gasteiger partial charge in [0.25, 0.3) is 5.91 Å². The van der Waals surface area contributed by atoms with Crippen LogP contribution in [0.4, 0.5) is 5.69 Å². The van der Waals surface area contributed by atoms with Crippen molar-refractivity contribution >= 4 is 23.4 Å². The van der Waals surface area contributed by atoms with E-state index in [2.05, 4.69) is 5.32 Å². The minimum atomic E-state index is -1.52. The molecular formula is C16H15NO3S. The van der Waals surface area contributed by atoms with Crippen molar-refractivity contribution in [1.29, 1.82) is 0 Å². The lowest BCUT2D eigenvalue weighted by Crippen LogP contribution is -2.30. The fraction of sp³-hybridized carbons (Fsp3) is 0.188. The first kappa shape index (κ1) is 12.7. The summed E-state index contributed by atoms with van der Waals surface area (Å²) in [7, 11) is 1.56. The maximum Gasteiger partial charge on any atom is 0.254 e. The molecule has 2 atom stereocenters. The summed E-state index contributed by atoms with van der Waals surface area (Å²) in [5.74, 6) is 0.0774. The van der Waals surface area contributed by atoms with E-state index in [1.807, 2.05) is 12.1 Å². The lowest BCUT2D eigenvalue weighted by atomic mass is 10.1. The average Bonchev–Trinajstić information content (AvgIpc) is 2.64. The van der Waals surface area contributed by atoms with Gasteiger partial charge >= 0.3 is 0 Å². The van der Waals surface area contributed by atoms with E-state index in [1.54, 1.807) is 43.5 Å². The van der Waals surface area contributed by atoms with Crippen molar-refractivity contribution < 1.29 is 16.0 Å². The number of rotatable bonds is 2. The number of ether oxygens (including phenoxy) is 1.